The summed E-state index contributed by atoms with van der Waals surface area (Å²) >= 11 is 1.24. The van der Waals surface area contributed by atoms with E-state index >= 15 is 0 Å². The summed E-state index contributed by atoms with van der Waals surface area (Å²) in [6.07, 6.45) is 0. The fraction of sp³-hybridized carbons (Fsp3) is 0.0417. The molecule has 0 aliphatic heterocycles. The number of hydrogen-bond acceptors (Lipinski definition) is 6. The highest BCUT2D eigenvalue weighted by atomic mass is 32.1. The van der Waals surface area contributed by atoms with Crippen LogP contribution in [-0.2, 0) is 10.3 Å². The Morgan fingerprint density at radius 1 is 0.839 bits per heavy atom. The molecule has 0 saturated heterocycles. The smallest absolute Gasteiger partial charge is 0.360 e. The van der Waals surface area contributed by atoms with E-state index in [1.54, 1.807) is 5.38 Å². The van der Waals surface area contributed by atoms with Gasteiger partial charge in [0.05, 0.1) is 0 Å². The van der Waals surface area contributed by atoms with E-state index in [1.165, 1.54) is 11.3 Å². The number of rotatable bonds is 7. The van der Waals surface area contributed by atoms with Gasteiger partial charge in [0.15, 0.2) is 5.13 Å². The van der Waals surface area contributed by atoms with Crippen molar-refractivity contribution in [3.63, 3.8) is 0 Å². The predicted octanol–water partition coefficient (Wildman–Crippen LogP) is 4.81. The van der Waals surface area contributed by atoms with Crippen LogP contribution >= 0.6 is 11.3 Å². The van der Waals surface area contributed by atoms with Gasteiger partial charge >= 0.3 is 5.97 Å². The number of aliphatic carboxylic acids is 1. The predicted molar refractivity (Wildman–Crippen MR) is 121 cm³/mol. The highest BCUT2D eigenvalue weighted by molar-refractivity contribution is 7.14. The maximum Gasteiger partial charge on any atom is 0.360 e. The molecule has 6 nitrogen and oxygen atoms in total. The zero-order valence-electron chi connectivity index (χ0n) is 16.3. The first-order chi connectivity index (χ1) is 15.1. The third-order valence-electron chi connectivity index (χ3n) is 4.96. The minimum Gasteiger partial charge on any atom is -0.476 e. The average molecular weight is 430 g/mol. The second-order valence-corrected chi connectivity index (χ2v) is 7.62. The van der Waals surface area contributed by atoms with Crippen molar-refractivity contribution in [2.75, 3.05) is 5.32 Å². The normalized spacial score (nSPS) is 11.8. The average Bonchev–Trinajstić information content (AvgIpc) is 3.27. The highest BCUT2D eigenvalue weighted by Crippen LogP contribution is 2.40. The van der Waals surface area contributed by atoms with Crippen molar-refractivity contribution in [3.8, 4) is 0 Å². The van der Waals surface area contributed by atoms with Crippen LogP contribution in [0.15, 0.2) is 102 Å². The summed E-state index contributed by atoms with van der Waals surface area (Å²) < 4.78 is 0. The standard InChI is InChI=1S/C24H19N3O3S/c28-22(29)21(27-30)20-16-31-23(25-20)26-24(17-10-4-1-5-11-17,18-12-6-2-7-13-18)19-14-8-3-9-15-19/h1-16,30H,(H,25,26)(H,28,29). The molecule has 0 aliphatic rings. The Morgan fingerprint density at radius 3 is 1.68 bits per heavy atom. The fourth-order valence-corrected chi connectivity index (χ4v) is 4.34. The Labute approximate surface area is 183 Å². The molecule has 0 saturated carbocycles. The van der Waals surface area contributed by atoms with Crippen molar-refractivity contribution in [3.05, 3.63) is 119 Å². The molecule has 0 atom stereocenters. The van der Waals surface area contributed by atoms with E-state index in [-0.39, 0.29) is 5.69 Å². The van der Waals surface area contributed by atoms with Gasteiger partial charge in [-0.3, -0.25) is 0 Å². The first-order valence-corrected chi connectivity index (χ1v) is 10.4. The summed E-state index contributed by atoms with van der Waals surface area (Å²) in [6.45, 7) is 0. The molecule has 1 aromatic heterocycles. The van der Waals surface area contributed by atoms with E-state index in [0.717, 1.165) is 16.7 Å². The number of benzene rings is 3. The topological polar surface area (TPSA) is 94.8 Å². The van der Waals surface area contributed by atoms with Crippen LogP contribution in [0.25, 0.3) is 0 Å². The van der Waals surface area contributed by atoms with E-state index in [9.17, 15) is 9.90 Å². The molecular formula is C24H19N3O3S. The lowest BCUT2D eigenvalue weighted by Gasteiger charge is -2.36. The summed E-state index contributed by atoms with van der Waals surface area (Å²) in [4.78, 5) is 15.7. The molecule has 4 rings (SSSR count). The van der Waals surface area contributed by atoms with Gasteiger partial charge in [-0.15, -0.1) is 11.3 Å². The van der Waals surface area contributed by atoms with Gasteiger partial charge < -0.3 is 15.6 Å². The second-order valence-electron chi connectivity index (χ2n) is 6.76. The number of hydrogen-bond donors (Lipinski definition) is 3. The maximum absolute atomic E-state index is 11.3. The molecule has 4 aromatic rings. The molecule has 0 fully saturated rings. The van der Waals surface area contributed by atoms with Crippen LogP contribution in [-0.4, -0.2) is 27.0 Å². The van der Waals surface area contributed by atoms with Crippen LogP contribution in [0.1, 0.15) is 22.4 Å². The van der Waals surface area contributed by atoms with Gasteiger partial charge in [0.25, 0.3) is 0 Å². The Morgan fingerprint density at radius 2 is 1.29 bits per heavy atom. The van der Waals surface area contributed by atoms with Gasteiger partial charge in [-0.05, 0) is 16.7 Å². The minimum absolute atomic E-state index is 0.0885. The van der Waals surface area contributed by atoms with Crippen molar-refractivity contribution in [1.82, 2.24) is 4.98 Å². The van der Waals surface area contributed by atoms with Crippen molar-refractivity contribution < 1.29 is 15.1 Å². The van der Waals surface area contributed by atoms with Crippen molar-refractivity contribution >= 4 is 28.1 Å². The largest absolute Gasteiger partial charge is 0.476 e. The first-order valence-electron chi connectivity index (χ1n) is 9.51. The molecule has 1 heterocycles. The van der Waals surface area contributed by atoms with Crippen molar-refractivity contribution in [1.29, 1.82) is 0 Å². The van der Waals surface area contributed by atoms with Crippen LogP contribution in [0.5, 0.6) is 0 Å². The van der Waals surface area contributed by atoms with Crippen LogP contribution in [0.2, 0.25) is 0 Å². The molecule has 0 amide bonds. The number of anilines is 1. The summed E-state index contributed by atoms with van der Waals surface area (Å²) in [7, 11) is 0. The van der Waals surface area contributed by atoms with E-state index in [1.807, 2.05) is 91.0 Å². The van der Waals surface area contributed by atoms with Crippen LogP contribution in [0, 0.1) is 0 Å². The third kappa shape index (κ3) is 3.91. The molecule has 3 N–H and O–H groups in total. The van der Waals surface area contributed by atoms with Gasteiger partial charge in [-0.2, -0.15) is 0 Å². The fourth-order valence-electron chi connectivity index (χ4n) is 3.58. The first kappa shape index (κ1) is 20.3. The summed E-state index contributed by atoms with van der Waals surface area (Å²) in [6, 6.07) is 30.0. The second kappa shape index (κ2) is 8.81. The quantitative estimate of drug-likeness (QED) is 0.170. The SMILES string of the molecule is O=C(O)C(=NO)c1csc(NC(c2ccccc2)(c2ccccc2)c2ccccc2)n1. The summed E-state index contributed by atoms with van der Waals surface area (Å²) in [5.74, 6) is -1.35. The number of nitrogens with zero attached hydrogens (tertiary/aromatic N) is 2. The molecule has 154 valence electrons. The number of carbonyl (C=O) groups is 1. The Balaban J connectivity index is 1.91. The molecule has 0 spiro atoms. The lowest BCUT2D eigenvalue weighted by Crippen LogP contribution is -2.38. The molecule has 3 aromatic carbocycles. The number of oxime groups is 1. The maximum atomic E-state index is 11.3. The zero-order valence-corrected chi connectivity index (χ0v) is 17.2. The summed E-state index contributed by atoms with van der Waals surface area (Å²) in [5.41, 5.74) is 1.80. The minimum atomic E-state index is -1.35. The van der Waals surface area contributed by atoms with E-state index in [4.69, 9.17) is 5.21 Å². The number of carboxylic acid groups (broad SMARTS) is 1. The molecule has 0 radical (unpaired) electrons. The van der Waals surface area contributed by atoms with Crippen molar-refractivity contribution in [2.24, 2.45) is 5.16 Å². The Hall–Kier alpha value is -3.97. The lowest BCUT2D eigenvalue weighted by molar-refractivity contribution is -0.129. The van der Waals surface area contributed by atoms with Crippen LogP contribution in [0.3, 0.4) is 0 Å². The van der Waals surface area contributed by atoms with Gasteiger partial charge in [-0.25, -0.2) is 9.78 Å². The van der Waals surface area contributed by atoms with Crippen LogP contribution in [0.4, 0.5) is 5.13 Å². The molecule has 31 heavy (non-hydrogen) atoms. The molecule has 0 bridgehead atoms. The monoisotopic (exact) mass is 429 g/mol. The van der Waals surface area contributed by atoms with Gasteiger partial charge in [-0.1, -0.05) is 96.2 Å². The van der Waals surface area contributed by atoms with Crippen LogP contribution < -0.4 is 5.32 Å². The molecule has 7 heteroatoms. The van der Waals surface area contributed by atoms with Gasteiger partial charge in [0.2, 0.25) is 5.71 Å². The number of aromatic nitrogens is 1. The van der Waals surface area contributed by atoms with E-state index in [0.29, 0.717) is 5.13 Å². The third-order valence-corrected chi connectivity index (χ3v) is 5.72. The zero-order chi connectivity index (χ0) is 21.7. The lowest BCUT2D eigenvalue weighted by atomic mass is 9.77. The highest BCUT2D eigenvalue weighted by Gasteiger charge is 2.37. The molecule has 0 unspecified atom stereocenters. The Kier molecular flexibility index (Phi) is 5.77. The number of nitrogens with one attached hydrogen (secondary N) is 1. The molecule has 0 aliphatic carbocycles. The van der Waals surface area contributed by atoms with Crippen molar-refractivity contribution in [2.45, 2.75) is 5.54 Å². The summed E-state index contributed by atoms with van der Waals surface area (Å²) in [5, 5.41) is 26.8. The number of thiazole rings is 1. The van der Waals surface area contributed by atoms with E-state index < -0.39 is 17.2 Å². The van der Waals surface area contributed by atoms with Gasteiger partial charge in [0, 0.05) is 5.38 Å². The molecular weight excluding hydrogens is 410 g/mol. The number of carboxylic acids is 1. The van der Waals surface area contributed by atoms with Gasteiger partial charge in [0.1, 0.15) is 11.2 Å². The van der Waals surface area contributed by atoms with E-state index in [2.05, 4.69) is 15.5 Å². The Bertz CT molecular complexity index is 1100.